The summed E-state index contributed by atoms with van der Waals surface area (Å²) >= 11 is 0. The smallest absolute Gasteiger partial charge is 0.314 e. The first-order chi connectivity index (χ1) is 16.7. The summed E-state index contributed by atoms with van der Waals surface area (Å²) in [5, 5.41) is 0. The zero-order valence-corrected chi connectivity index (χ0v) is 21.4. The molecule has 0 radical (unpaired) electrons. The van der Waals surface area contributed by atoms with Gasteiger partial charge in [0.05, 0.1) is 5.92 Å². The highest BCUT2D eigenvalue weighted by molar-refractivity contribution is 5.75. The molecule has 0 spiro atoms. The lowest BCUT2D eigenvalue weighted by Crippen LogP contribution is -2.40. The maximum Gasteiger partial charge on any atom is 0.314 e. The van der Waals surface area contributed by atoms with Gasteiger partial charge in [-0.3, -0.25) is 4.79 Å². The monoisotopic (exact) mass is 462 g/mol. The highest BCUT2D eigenvalue weighted by atomic mass is 16.5. The highest BCUT2D eigenvalue weighted by Crippen LogP contribution is 2.50. The quantitative estimate of drug-likeness (QED) is 0.208. The van der Waals surface area contributed by atoms with Crippen LogP contribution in [0.5, 0.6) is 5.75 Å². The van der Waals surface area contributed by atoms with Crippen LogP contribution < -0.4 is 4.74 Å². The third-order valence-corrected chi connectivity index (χ3v) is 9.31. The van der Waals surface area contributed by atoms with E-state index in [1.807, 2.05) is 12.1 Å². The van der Waals surface area contributed by atoms with Gasteiger partial charge in [0.25, 0.3) is 0 Å². The Morgan fingerprint density at radius 1 is 0.941 bits per heavy atom. The Labute approximate surface area is 208 Å². The molecule has 0 N–H and O–H groups in total. The van der Waals surface area contributed by atoms with Crippen LogP contribution in [-0.4, -0.2) is 5.97 Å². The third kappa shape index (κ3) is 6.64. The maximum absolute atomic E-state index is 13.2. The van der Waals surface area contributed by atoms with Crippen molar-refractivity contribution in [2.45, 2.75) is 96.8 Å². The fourth-order valence-electron chi connectivity index (χ4n) is 7.35. The summed E-state index contributed by atoms with van der Waals surface area (Å²) in [5.74, 6) is 4.87. The van der Waals surface area contributed by atoms with Crippen molar-refractivity contribution in [1.82, 2.24) is 0 Å². The van der Waals surface area contributed by atoms with Crippen LogP contribution in [-0.2, 0) is 11.2 Å². The fourth-order valence-corrected chi connectivity index (χ4v) is 7.35. The molecule has 4 rings (SSSR count). The van der Waals surface area contributed by atoms with E-state index in [1.54, 1.807) is 0 Å². The molecule has 34 heavy (non-hydrogen) atoms. The Balaban J connectivity index is 1.27. The van der Waals surface area contributed by atoms with Crippen LogP contribution in [0.3, 0.4) is 0 Å². The molecule has 0 amide bonds. The molecular formula is C32H46O2. The van der Waals surface area contributed by atoms with Crippen molar-refractivity contribution in [1.29, 1.82) is 0 Å². The fraction of sp³-hybridized carbons (Fsp3) is 0.656. The van der Waals surface area contributed by atoms with E-state index < -0.39 is 0 Å². The molecule has 3 aliphatic rings. The van der Waals surface area contributed by atoms with Gasteiger partial charge in [-0.05, 0) is 118 Å². The van der Waals surface area contributed by atoms with Crippen LogP contribution in [0.4, 0.5) is 0 Å². The summed E-state index contributed by atoms with van der Waals surface area (Å²) in [6.45, 7) is 5.95. The van der Waals surface area contributed by atoms with Crippen LogP contribution in [0.1, 0.15) is 96.0 Å². The molecular weight excluding hydrogens is 416 g/mol. The van der Waals surface area contributed by atoms with Crippen LogP contribution in [0.15, 0.2) is 49.1 Å². The van der Waals surface area contributed by atoms with E-state index in [-0.39, 0.29) is 11.9 Å². The molecule has 2 nitrogen and oxygen atoms in total. The maximum atomic E-state index is 13.2. The third-order valence-electron chi connectivity index (χ3n) is 9.31. The molecule has 186 valence electrons. The van der Waals surface area contributed by atoms with E-state index in [0.717, 1.165) is 42.9 Å². The van der Waals surface area contributed by atoms with E-state index in [0.29, 0.717) is 11.7 Å². The second kappa shape index (κ2) is 12.8. The van der Waals surface area contributed by atoms with Crippen molar-refractivity contribution in [2.24, 2.45) is 35.5 Å². The van der Waals surface area contributed by atoms with Crippen LogP contribution in [0.25, 0.3) is 0 Å². The van der Waals surface area contributed by atoms with Gasteiger partial charge in [-0.1, -0.05) is 56.0 Å². The molecule has 1 aromatic rings. The normalized spacial score (nSPS) is 31.7. The predicted octanol–water partition coefficient (Wildman–Crippen LogP) is 8.71. The first-order valence-corrected chi connectivity index (χ1v) is 14.2. The van der Waals surface area contributed by atoms with Gasteiger partial charge in [-0.15, -0.1) is 6.58 Å². The molecule has 3 aliphatic carbocycles. The predicted molar refractivity (Wildman–Crippen MR) is 142 cm³/mol. The van der Waals surface area contributed by atoms with Crippen LogP contribution >= 0.6 is 0 Å². The van der Waals surface area contributed by atoms with Crippen molar-refractivity contribution < 1.29 is 9.53 Å². The number of aryl methyl sites for hydroxylation is 1. The van der Waals surface area contributed by atoms with Crippen molar-refractivity contribution in [3.63, 3.8) is 0 Å². The van der Waals surface area contributed by atoms with Crippen molar-refractivity contribution in [2.75, 3.05) is 0 Å². The first-order valence-electron chi connectivity index (χ1n) is 14.2. The van der Waals surface area contributed by atoms with Crippen LogP contribution in [0.2, 0.25) is 0 Å². The van der Waals surface area contributed by atoms with E-state index in [1.165, 1.54) is 76.2 Å². The van der Waals surface area contributed by atoms with E-state index >= 15 is 0 Å². The first kappa shape index (κ1) is 25.3. The lowest BCUT2D eigenvalue weighted by atomic mass is 9.59. The molecule has 3 fully saturated rings. The lowest BCUT2D eigenvalue weighted by molar-refractivity contribution is -0.144. The molecule has 0 heterocycles. The zero-order valence-electron chi connectivity index (χ0n) is 21.4. The molecule has 4 atom stereocenters. The Hall–Kier alpha value is -1.83. The van der Waals surface area contributed by atoms with Gasteiger partial charge in [0.2, 0.25) is 0 Å². The second-order valence-corrected chi connectivity index (χ2v) is 11.4. The molecule has 3 saturated carbocycles. The Kier molecular flexibility index (Phi) is 9.48. The topological polar surface area (TPSA) is 26.3 Å². The van der Waals surface area contributed by atoms with Crippen molar-refractivity contribution in [3.8, 4) is 5.75 Å². The molecule has 0 aromatic heterocycles. The molecule has 0 saturated heterocycles. The van der Waals surface area contributed by atoms with Gasteiger partial charge < -0.3 is 4.74 Å². The molecule has 0 aliphatic heterocycles. The average molecular weight is 463 g/mol. The zero-order chi connectivity index (χ0) is 23.8. The number of carbonyl (C=O) groups is 1. The summed E-state index contributed by atoms with van der Waals surface area (Å²) in [6, 6.07) is 8.16. The largest absolute Gasteiger partial charge is 0.426 e. The van der Waals surface area contributed by atoms with Crippen molar-refractivity contribution >= 4 is 5.97 Å². The Morgan fingerprint density at radius 2 is 1.71 bits per heavy atom. The number of esters is 1. The van der Waals surface area contributed by atoms with Gasteiger partial charge in [0.15, 0.2) is 0 Å². The Morgan fingerprint density at radius 3 is 2.44 bits per heavy atom. The van der Waals surface area contributed by atoms with Gasteiger partial charge in [0.1, 0.15) is 5.75 Å². The van der Waals surface area contributed by atoms with Gasteiger partial charge >= 0.3 is 5.97 Å². The van der Waals surface area contributed by atoms with E-state index in [2.05, 4.69) is 43.9 Å². The molecule has 1 aromatic carbocycles. The minimum absolute atomic E-state index is 0.0255. The number of ether oxygens (including phenoxy) is 1. The minimum Gasteiger partial charge on any atom is -0.426 e. The molecule has 0 bridgehead atoms. The second-order valence-electron chi connectivity index (χ2n) is 11.4. The number of fused-ring (bicyclic) bond motifs is 1. The molecule has 4 unspecified atom stereocenters. The summed E-state index contributed by atoms with van der Waals surface area (Å²) in [7, 11) is 0. The number of benzene rings is 1. The number of allylic oxidation sites excluding steroid dienone is 3. The summed E-state index contributed by atoms with van der Waals surface area (Å²) in [5.41, 5.74) is 1.30. The standard InChI is InChI=1S/C32H46O2/c1-3-5-7-10-25-15-20-29(21-16-25)34-32(33)31-12-8-11-28-23-27(19-22-30(28)31)26-17-13-24(14-18-26)9-6-4-2/h3-5,15-16,20-21,24,26-28,30-31H,2,6-14,17-19,22-23H2,1H3/b5-3+. The minimum atomic E-state index is 0.0255. The van der Waals surface area contributed by atoms with E-state index in [4.69, 9.17) is 4.74 Å². The summed E-state index contributed by atoms with van der Waals surface area (Å²) in [4.78, 5) is 13.2. The van der Waals surface area contributed by atoms with E-state index in [9.17, 15) is 4.79 Å². The van der Waals surface area contributed by atoms with Gasteiger partial charge in [-0.25, -0.2) is 0 Å². The SMILES string of the molecule is C=CCCC1CCC(C2CCC3C(CCCC3C(=O)Oc3ccc(CC/C=C/C)cc3)C2)CC1. The van der Waals surface area contributed by atoms with Gasteiger partial charge in [-0.2, -0.15) is 0 Å². The van der Waals surface area contributed by atoms with Crippen molar-refractivity contribution in [3.05, 3.63) is 54.6 Å². The van der Waals surface area contributed by atoms with Gasteiger partial charge in [0, 0.05) is 0 Å². The number of carbonyl (C=O) groups excluding carboxylic acids is 1. The van der Waals surface area contributed by atoms with Crippen LogP contribution in [0, 0.1) is 35.5 Å². The molecule has 2 heteroatoms. The Bertz CT molecular complexity index is 799. The number of hydrogen-bond acceptors (Lipinski definition) is 2. The summed E-state index contributed by atoms with van der Waals surface area (Å²) < 4.78 is 5.91. The summed E-state index contributed by atoms with van der Waals surface area (Å²) in [6.07, 6.45) is 24.1. The lowest BCUT2D eigenvalue weighted by Gasteiger charge is -2.46. The average Bonchev–Trinajstić information content (AvgIpc) is 2.88. The number of hydrogen-bond donors (Lipinski definition) is 0. The highest BCUT2D eigenvalue weighted by Gasteiger charge is 2.43. The number of rotatable bonds is 9.